The third kappa shape index (κ3) is 3.26. The molecule has 0 unspecified atom stereocenters. The third-order valence-corrected chi connectivity index (χ3v) is 4.33. The van der Waals surface area contributed by atoms with E-state index < -0.39 is 0 Å². The number of hydrogen-bond donors (Lipinski definition) is 1. The standard InChI is InChI=1S/C16H26N2/c1-12-4-7-15(8-5-12)18(3)11-14-10-13(2)6-9-16(14)17/h6,9-10,12,15H,4-5,7-8,11,17H2,1-3H3. The molecule has 1 saturated carbocycles. The Bertz CT molecular complexity index is 392. The lowest BCUT2D eigenvalue weighted by Gasteiger charge is -2.33. The molecule has 1 aromatic carbocycles. The molecule has 2 N–H and O–H groups in total. The summed E-state index contributed by atoms with van der Waals surface area (Å²) in [6.45, 7) is 5.48. The van der Waals surface area contributed by atoms with Crippen molar-refractivity contribution in [1.29, 1.82) is 0 Å². The van der Waals surface area contributed by atoms with Gasteiger partial charge >= 0.3 is 0 Å². The molecule has 0 heterocycles. The van der Waals surface area contributed by atoms with E-state index in [1.807, 2.05) is 6.07 Å². The van der Waals surface area contributed by atoms with Gasteiger partial charge in [-0.25, -0.2) is 0 Å². The fraction of sp³-hybridized carbons (Fsp3) is 0.625. The van der Waals surface area contributed by atoms with Gasteiger partial charge in [0.2, 0.25) is 0 Å². The van der Waals surface area contributed by atoms with Gasteiger partial charge in [0.15, 0.2) is 0 Å². The highest BCUT2D eigenvalue weighted by Gasteiger charge is 2.21. The smallest absolute Gasteiger partial charge is 0.0359 e. The Morgan fingerprint density at radius 1 is 1.22 bits per heavy atom. The van der Waals surface area contributed by atoms with Gasteiger partial charge in [0.25, 0.3) is 0 Å². The summed E-state index contributed by atoms with van der Waals surface area (Å²) in [6, 6.07) is 7.07. The van der Waals surface area contributed by atoms with Crippen molar-refractivity contribution >= 4 is 5.69 Å². The van der Waals surface area contributed by atoms with Crippen molar-refractivity contribution in [3.63, 3.8) is 0 Å². The summed E-state index contributed by atoms with van der Waals surface area (Å²) in [7, 11) is 2.24. The molecule has 0 radical (unpaired) electrons. The molecular weight excluding hydrogens is 220 g/mol. The van der Waals surface area contributed by atoms with E-state index in [9.17, 15) is 0 Å². The third-order valence-electron chi connectivity index (χ3n) is 4.33. The van der Waals surface area contributed by atoms with E-state index in [4.69, 9.17) is 5.73 Å². The number of benzene rings is 1. The fourth-order valence-electron chi connectivity index (χ4n) is 2.95. The number of rotatable bonds is 3. The Labute approximate surface area is 111 Å². The minimum atomic E-state index is 0.737. The van der Waals surface area contributed by atoms with Crippen LogP contribution in [0.5, 0.6) is 0 Å². The SMILES string of the molecule is Cc1ccc(N)c(CN(C)C2CCC(C)CC2)c1. The van der Waals surface area contributed by atoms with E-state index in [0.717, 1.165) is 24.2 Å². The molecule has 0 spiro atoms. The normalized spacial score (nSPS) is 24.4. The lowest BCUT2D eigenvalue weighted by atomic mass is 9.86. The van der Waals surface area contributed by atoms with Gasteiger partial charge in [-0.1, -0.05) is 24.6 Å². The monoisotopic (exact) mass is 246 g/mol. The molecule has 18 heavy (non-hydrogen) atoms. The first-order chi connectivity index (χ1) is 8.56. The molecule has 0 aliphatic heterocycles. The molecule has 1 aliphatic rings. The highest BCUT2D eigenvalue weighted by atomic mass is 15.1. The van der Waals surface area contributed by atoms with Crippen molar-refractivity contribution in [1.82, 2.24) is 4.90 Å². The van der Waals surface area contributed by atoms with Crippen LogP contribution in [-0.2, 0) is 6.54 Å². The Kier molecular flexibility index (Phi) is 4.28. The molecule has 0 saturated heterocycles. The van der Waals surface area contributed by atoms with E-state index in [2.05, 4.69) is 37.9 Å². The molecule has 1 aliphatic carbocycles. The number of hydrogen-bond acceptors (Lipinski definition) is 2. The van der Waals surface area contributed by atoms with E-state index >= 15 is 0 Å². The van der Waals surface area contributed by atoms with Crippen LogP contribution in [0.4, 0.5) is 5.69 Å². The van der Waals surface area contributed by atoms with Crippen LogP contribution in [0.1, 0.15) is 43.7 Å². The first kappa shape index (κ1) is 13.4. The summed E-state index contributed by atoms with van der Waals surface area (Å²) >= 11 is 0. The van der Waals surface area contributed by atoms with Crippen LogP contribution >= 0.6 is 0 Å². The molecule has 2 heteroatoms. The van der Waals surface area contributed by atoms with Crippen LogP contribution in [0, 0.1) is 12.8 Å². The predicted molar refractivity (Wildman–Crippen MR) is 78.5 cm³/mol. The number of aryl methyl sites for hydroxylation is 1. The lowest BCUT2D eigenvalue weighted by molar-refractivity contribution is 0.164. The van der Waals surface area contributed by atoms with E-state index in [1.165, 1.54) is 36.8 Å². The Hall–Kier alpha value is -1.02. The Morgan fingerprint density at radius 2 is 1.89 bits per heavy atom. The summed E-state index contributed by atoms with van der Waals surface area (Å²) in [5.41, 5.74) is 9.56. The number of nitrogen functional groups attached to an aromatic ring is 1. The lowest BCUT2D eigenvalue weighted by Crippen LogP contribution is -2.34. The second-order valence-corrected chi connectivity index (χ2v) is 6.03. The second kappa shape index (κ2) is 5.75. The van der Waals surface area contributed by atoms with Crippen molar-refractivity contribution < 1.29 is 0 Å². The molecule has 2 nitrogen and oxygen atoms in total. The quantitative estimate of drug-likeness (QED) is 0.826. The summed E-state index contributed by atoms with van der Waals surface area (Å²) in [5.74, 6) is 0.915. The Balaban J connectivity index is 1.98. The van der Waals surface area contributed by atoms with Crippen molar-refractivity contribution in [3.05, 3.63) is 29.3 Å². The first-order valence-electron chi connectivity index (χ1n) is 7.11. The van der Waals surface area contributed by atoms with Crippen molar-refractivity contribution in [3.8, 4) is 0 Å². The maximum Gasteiger partial charge on any atom is 0.0359 e. The number of anilines is 1. The predicted octanol–water partition coefficient (Wildman–Crippen LogP) is 3.59. The minimum absolute atomic E-state index is 0.737. The van der Waals surface area contributed by atoms with Gasteiger partial charge < -0.3 is 5.73 Å². The van der Waals surface area contributed by atoms with E-state index in [-0.39, 0.29) is 0 Å². The van der Waals surface area contributed by atoms with Crippen LogP contribution in [0.2, 0.25) is 0 Å². The van der Waals surface area contributed by atoms with Crippen LogP contribution in [0.25, 0.3) is 0 Å². The van der Waals surface area contributed by atoms with Crippen LogP contribution in [-0.4, -0.2) is 18.0 Å². The van der Waals surface area contributed by atoms with Gasteiger partial charge in [0.1, 0.15) is 0 Å². The zero-order valence-corrected chi connectivity index (χ0v) is 11.9. The van der Waals surface area contributed by atoms with E-state index in [0.29, 0.717) is 0 Å². The van der Waals surface area contributed by atoms with Crippen molar-refractivity contribution in [2.24, 2.45) is 5.92 Å². The van der Waals surface area contributed by atoms with Gasteiger partial charge in [-0.05, 0) is 57.2 Å². The number of nitrogens with zero attached hydrogens (tertiary/aromatic N) is 1. The van der Waals surface area contributed by atoms with Crippen molar-refractivity contribution in [2.75, 3.05) is 12.8 Å². The molecule has 2 rings (SSSR count). The molecule has 1 fully saturated rings. The van der Waals surface area contributed by atoms with Crippen LogP contribution < -0.4 is 5.73 Å². The van der Waals surface area contributed by atoms with Gasteiger partial charge in [-0.2, -0.15) is 0 Å². The molecule has 0 atom stereocenters. The summed E-state index contributed by atoms with van der Waals surface area (Å²) in [5, 5.41) is 0. The highest BCUT2D eigenvalue weighted by Crippen LogP contribution is 2.28. The Morgan fingerprint density at radius 3 is 2.56 bits per heavy atom. The van der Waals surface area contributed by atoms with Crippen LogP contribution in [0.3, 0.4) is 0 Å². The maximum atomic E-state index is 6.06. The topological polar surface area (TPSA) is 29.3 Å². The first-order valence-corrected chi connectivity index (χ1v) is 7.11. The average Bonchev–Trinajstić information content (AvgIpc) is 2.34. The molecule has 100 valence electrons. The molecule has 0 amide bonds. The van der Waals surface area contributed by atoms with E-state index in [1.54, 1.807) is 0 Å². The molecule has 0 aromatic heterocycles. The highest BCUT2D eigenvalue weighted by molar-refractivity contribution is 5.48. The van der Waals surface area contributed by atoms with Crippen molar-refractivity contribution in [2.45, 2.75) is 52.1 Å². The zero-order chi connectivity index (χ0) is 13.1. The second-order valence-electron chi connectivity index (χ2n) is 6.03. The fourth-order valence-corrected chi connectivity index (χ4v) is 2.95. The van der Waals surface area contributed by atoms with Gasteiger partial charge in [-0.3, -0.25) is 4.90 Å². The molecule has 1 aromatic rings. The van der Waals surface area contributed by atoms with Gasteiger partial charge in [0.05, 0.1) is 0 Å². The summed E-state index contributed by atoms with van der Waals surface area (Å²) < 4.78 is 0. The summed E-state index contributed by atoms with van der Waals surface area (Å²) in [4.78, 5) is 2.48. The molecule has 0 bridgehead atoms. The summed E-state index contributed by atoms with van der Waals surface area (Å²) in [6.07, 6.45) is 5.42. The zero-order valence-electron chi connectivity index (χ0n) is 11.9. The largest absolute Gasteiger partial charge is 0.398 e. The maximum absolute atomic E-state index is 6.06. The van der Waals surface area contributed by atoms with Crippen LogP contribution in [0.15, 0.2) is 18.2 Å². The molecular formula is C16H26N2. The number of nitrogens with two attached hydrogens (primary N) is 1. The minimum Gasteiger partial charge on any atom is -0.398 e. The van der Waals surface area contributed by atoms with Gasteiger partial charge in [0, 0.05) is 18.3 Å². The average molecular weight is 246 g/mol. The van der Waals surface area contributed by atoms with Gasteiger partial charge in [-0.15, -0.1) is 0 Å².